The molecule has 0 spiro atoms. The summed E-state index contributed by atoms with van der Waals surface area (Å²) in [6.07, 6.45) is -0.617. The Balaban J connectivity index is 2.13. The molecule has 0 aliphatic carbocycles. The molecular weight excluding hydrogens is 461 g/mol. The molecule has 1 unspecified atom stereocenters. The Kier molecular flexibility index (Phi) is 6.75. The van der Waals surface area contributed by atoms with Gasteiger partial charge in [0.25, 0.3) is 0 Å². The lowest BCUT2D eigenvalue weighted by molar-refractivity contribution is 0.184. The summed E-state index contributed by atoms with van der Waals surface area (Å²) in [5, 5.41) is 0.991. The van der Waals surface area contributed by atoms with Crippen molar-refractivity contribution in [3.8, 4) is 11.5 Å². The molecule has 0 saturated carbocycles. The van der Waals surface area contributed by atoms with Crippen molar-refractivity contribution < 1.29 is 18.3 Å². The summed E-state index contributed by atoms with van der Waals surface area (Å²) in [5.74, 6) is 0.957. The number of benzene rings is 3. The Bertz CT molecular complexity index is 1430. The minimum Gasteiger partial charge on any atom is -0.496 e. The van der Waals surface area contributed by atoms with Gasteiger partial charge in [0.05, 0.1) is 25.3 Å². The first-order valence-corrected chi connectivity index (χ1v) is 14.5. The minimum atomic E-state index is -1.62. The van der Waals surface area contributed by atoms with E-state index < -0.39 is 21.1 Å². The fourth-order valence-corrected chi connectivity index (χ4v) is 5.45. The SMILES string of the molecule is COc1cc(C(O[SiH](C)C)n2c3ccccc3c(=O)c3ccc(F)cc32)cc(OC)c1C(C)(C)C. The lowest BCUT2D eigenvalue weighted by Gasteiger charge is -2.30. The Hall–Kier alpha value is -3.16. The van der Waals surface area contributed by atoms with Gasteiger partial charge in [-0.1, -0.05) is 32.9 Å². The maximum atomic E-state index is 14.5. The van der Waals surface area contributed by atoms with Gasteiger partial charge in [0.2, 0.25) is 0 Å². The van der Waals surface area contributed by atoms with Gasteiger partial charge >= 0.3 is 0 Å². The second kappa shape index (κ2) is 9.47. The molecule has 0 bridgehead atoms. The van der Waals surface area contributed by atoms with E-state index in [0.29, 0.717) is 33.3 Å². The van der Waals surface area contributed by atoms with E-state index in [1.807, 2.05) is 34.9 Å². The average molecular weight is 494 g/mol. The van der Waals surface area contributed by atoms with Gasteiger partial charge in [-0.3, -0.25) is 4.79 Å². The maximum absolute atomic E-state index is 14.5. The van der Waals surface area contributed by atoms with Crippen LogP contribution in [0.4, 0.5) is 4.39 Å². The van der Waals surface area contributed by atoms with Crippen molar-refractivity contribution in [1.82, 2.24) is 4.57 Å². The third-order valence-electron chi connectivity index (χ3n) is 6.07. The quantitative estimate of drug-likeness (QED) is 0.239. The molecular formula is C28H32FNO4Si. The fraction of sp³-hybridized carbons (Fsp3) is 0.321. The third-order valence-corrected chi connectivity index (χ3v) is 6.87. The zero-order valence-electron chi connectivity index (χ0n) is 21.3. The van der Waals surface area contributed by atoms with Crippen LogP contribution < -0.4 is 14.9 Å². The molecule has 0 N–H and O–H groups in total. The van der Waals surface area contributed by atoms with E-state index in [1.165, 1.54) is 12.1 Å². The summed E-state index contributed by atoms with van der Waals surface area (Å²) >= 11 is 0. The van der Waals surface area contributed by atoms with Crippen LogP contribution in [0, 0.1) is 5.82 Å². The first-order valence-electron chi connectivity index (χ1n) is 11.7. The van der Waals surface area contributed by atoms with Crippen LogP contribution in [-0.4, -0.2) is 27.8 Å². The van der Waals surface area contributed by atoms with Crippen LogP contribution in [-0.2, 0) is 9.84 Å². The van der Waals surface area contributed by atoms with E-state index in [9.17, 15) is 9.18 Å². The Labute approximate surface area is 206 Å². The fourth-order valence-electron chi connectivity index (χ4n) is 4.66. The van der Waals surface area contributed by atoms with Crippen molar-refractivity contribution in [2.45, 2.75) is 45.5 Å². The molecule has 0 fully saturated rings. The molecule has 3 aromatic carbocycles. The largest absolute Gasteiger partial charge is 0.496 e. The molecule has 5 nitrogen and oxygen atoms in total. The molecule has 0 aliphatic rings. The zero-order valence-corrected chi connectivity index (χ0v) is 22.5. The standard InChI is InChI=1S/C28H32FNO4Si/c1-28(2,3)25-23(32-4)14-17(15-24(25)33-5)27(34-35(6)7)30-21-11-9-8-10-19(21)26(31)20-13-12-18(29)16-22(20)30/h8-16,27,35H,1-7H3. The molecule has 184 valence electrons. The number of para-hydroxylation sites is 1. The summed E-state index contributed by atoms with van der Waals surface area (Å²) in [5.41, 5.74) is 2.54. The summed E-state index contributed by atoms with van der Waals surface area (Å²) in [4.78, 5) is 13.3. The van der Waals surface area contributed by atoms with E-state index in [-0.39, 0.29) is 10.8 Å². The van der Waals surface area contributed by atoms with Crippen molar-refractivity contribution in [3.63, 3.8) is 0 Å². The van der Waals surface area contributed by atoms with Crippen LogP contribution in [0.5, 0.6) is 11.5 Å². The molecule has 4 rings (SSSR count). The Morgan fingerprint density at radius 3 is 2.06 bits per heavy atom. The van der Waals surface area contributed by atoms with Crippen molar-refractivity contribution >= 4 is 30.8 Å². The minimum absolute atomic E-state index is 0.134. The smallest absolute Gasteiger partial charge is 0.197 e. The number of aromatic nitrogens is 1. The van der Waals surface area contributed by atoms with Gasteiger partial charge in [-0.2, -0.15) is 0 Å². The lowest BCUT2D eigenvalue weighted by Crippen LogP contribution is -2.24. The predicted octanol–water partition coefficient (Wildman–Crippen LogP) is 6.16. The number of fused-ring (bicyclic) bond motifs is 2. The molecule has 0 aliphatic heterocycles. The van der Waals surface area contributed by atoms with Crippen molar-refractivity contribution in [2.75, 3.05) is 14.2 Å². The van der Waals surface area contributed by atoms with Crippen LogP contribution in [0.25, 0.3) is 21.8 Å². The molecule has 1 atom stereocenters. The van der Waals surface area contributed by atoms with Gasteiger partial charge < -0.3 is 18.5 Å². The highest BCUT2D eigenvalue weighted by Crippen LogP contribution is 2.42. The van der Waals surface area contributed by atoms with Crippen LogP contribution in [0.15, 0.2) is 59.4 Å². The Morgan fingerprint density at radius 2 is 1.49 bits per heavy atom. The molecule has 0 amide bonds. The Morgan fingerprint density at radius 1 is 0.886 bits per heavy atom. The van der Waals surface area contributed by atoms with Gasteiger partial charge in [0, 0.05) is 21.9 Å². The topological polar surface area (TPSA) is 49.7 Å². The number of nitrogens with zero attached hydrogens (tertiary/aromatic N) is 1. The lowest BCUT2D eigenvalue weighted by atomic mass is 9.84. The van der Waals surface area contributed by atoms with Crippen LogP contribution >= 0.6 is 0 Å². The van der Waals surface area contributed by atoms with Crippen molar-refractivity contribution in [3.05, 3.63) is 81.8 Å². The molecule has 1 heterocycles. The number of ether oxygens (including phenoxy) is 2. The van der Waals surface area contributed by atoms with Crippen molar-refractivity contribution in [1.29, 1.82) is 0 Å². The van der Waals surface area contributed by atoms with E-state index in [0.717, 1.165) is 11.1 Å². The first-order chi connectivity index (χ1) is 16.6. The normalized spacial score (nSPS) is 12.9. The van der Waals surface area contributed by atoms with Gasteiger partial charge in [0.15, 0.2) is 20.7 Å². The van der Waals surface area contributed by atoms with Crippen molar-refractivity contribution in [2.24, 2.45) is 0 Å². The second-order valence-corrected chi connectivity index (χ2v) is 12.3. The summed E-state index contributed by atoms with van der Waals surface area (Å²) in [7, 11) is 1.66. The molecule has 0 radical (unpaired) electrons. The van der Waals surface area contributed by atoms with Gasteiger partial charge in [0.1, 0.15) is 17.3 Å². The van der Waals surface area contributed by atoms with Gasteiger partial charge in [-0.25, -0.2) is 4.39 Å². The number of hydrogen-bond donors (Lipinski definition) is 0. The van der Waals surface area contributed by atoms with E-state index in [4.69, 9.17) is 13.9 Å². The van der Waals surface area contributed by atoms with Gasteiger partial charge in [-0.15, -0.1) is 0 Å². The highest BCUT2D eigenvalue weighted by molar-refractivity contribution is 6.48. The van der Waals surface area contributed by atoms with E-state index in [2.05, 4.69) is 33.9 Å². The molecule has 4 aromatic rings. The maximum Gasteiger partial charge on any atom is 0.197 e. The number of rotatable bonds is 6. The van der Waals surface area contributed by atoms with Crippen LogP contribution in [0.3, 0.4) is 0 Å². The third kappa shape index (κ3) is 4.58. The molecule has 35 heavy (non-hydrogen) atoms. The van der Waals surface area contributed by atoms with Gasteiger partial charge in [-0.05, 0) is 61.0 Å². The predicted molar refractivity (Wildman–Crippen MR) is 142 cm³/mol. The van der Waals surface area contributed by atoms with Crippen LogP contribution in [0.1, 0.15) is 38.1 Å². The number of methoxy groups -OCH3 is 2. The van der Waals surface area contributed by atoms with E-state index >= 15 is 0 Å². The first kappa shape index (κ1) is 24.9. The molecule has 1 aromatic heterocycles. The highest BCUT2D eigenvalue weighted by Gasteiger charge is 2.28. The highest BCUT2D eigenvalue weighted by atomic mass is 28.3. The van der Waals surface area contributed by atoms with E-state index in [1.54, 1.807) is 26.4 Å². The number of hydrogen-bond acceptors (Lipinski definition) is 4. The number of halogens is 1. The molecule has 7 heteroatoms. The number of pyridine rings is 1. The monoisotopic (exact) mass is 493 g/mol. The van der Waals surface area contributed by atoms with Crippen LogP contribution in [0.2, 0.25) is 13.1 Å². The second-order valence-electron chi connectivity index (χ2n) is 9.97. The summed E-state index contributed by atoms with van der Waals surface area (Å²) < 4.78 is 34.7. The zero-order chi connectivity index (χ0) is 25.5. The molecule has 0 saturated heterocycles. The average Bonchev–Trinajstić information content (AvgIpc) is 2.81. The summed E-state index contributed by atoms with van der Waals surface area (Å²) in [6, 6.07) is 15.6. The summed E-state index contributed by atoms with van der Waals surface area (Å²) in [6.45, 7) is 10.5.